The molecule has 1 fully saturated rings. The van der Waals surface area contributed by atoms with Gasteiger partial charge in [-0.25, -0.2) is 4.98 Å². The molecule has 0 spiro atoms. The first-order valence-electron chi connectivity index (χ1n) is 6.48. The standard InChI is InChI=1S/C14H20N2S/c1-8(2)16-7-11-5-12(13(16)6-11)14-9(3)15-10(4)17-14/h5,8,11,13H,6-7H2,1-4H3. The summed E-state index contributed by atoms with van der Waals surface area (Å²) in [5, 5.41) is 1.19. The first kappa shape index (κ1) is 11.4. The number of thiazole rings is 1. The molecule has 17 heavy (non-hydrogen) atoms. The molecule has 1 saturated heterocycles. The molecule has 2 atom stereocenters. The van der Waals surface area contributed by atoms with Crippen molar-refractivity contribution in [2.75, 3.05) is 6.54 Å². The minimum absolute atomic E-state index is 0.651. The van der Waals surface area contributed by atoms with Crippen LogP contribution in [0.15, 0.2) is 6.08 Å². The molecule has 3 rings (SSSR count). The molecule has 0 radical (unpaired) electrons. The number of rotatable bonds is 2. The molecule has 0 saturated carbocycles. The predicted molar refractivity (Wildman–Crippen MR) is 73.3 cm³/mol. The minimum atomic E-state index is 0.651. The zero-order valence-electron chi connectivity index (χ0n) is 11.0. The van der Waals surface area contributed by atoms with Crippen molar-refractivity contribution in [3.8, 4) is 0 Å². The number of aryl methyl sites for hydroxylation is 2. The summed E-state index contributed by atoms with van der Waals surface area (Å²) in [7, 11) is 0. The second kappa shape index (κ2) is 3.92. The molecule has 0 N–H and O–H groups in total. The zero-order valence-corrected chi connectivity index (χ0v) is 11.8. The van der Waals surface area contributed by atoms with Crippen molar-refractivity contribution in [3.63, 3.8) is 0 Å². The Kier molecular flexibility index (Phi) is 2.64. The molecule has 2 unspecified atom stereocenters. The van der Waals surface area contributed by atoms with Crippen LogP contribution in [0.3, 0.4) is 0 Å². The third kappa shape index (κ3) is 1.76. The lowest BCUT2D eigenvalue weighted by Gasteiger charge is -2.31. The summed E-state index contributed by atoms with van der Waals surface area (Å²) in [6.45, 7) is 10.1. The number of fused-ring (bicyclic) bond motifs is 2. The van der Waals surface area contributed by atoms with E-state index in [-0.39, 0.29) is 0 Å². The molecule has 1 aromatic rings. The second-order valence-corrected chi connectivity index (χ2v) is 6.77. The van der Waals surface area contributed by atoms with Crippen molar-refractivity contribution in [3.05, 3.63) is 21.7 Å². The van der Waals surface area contributed by atoms with E-state index in [9.17, 15) is 0 Å². The smallest absolute Gasteiger partial charge is 0.0903 e. The Morgan fingerprint density at radius 1 is 1.41 bits per heavy atom. The van der Waals surface area contributed by atoms with E-state index < -0.39 is 0 Å². The second-order valence-electron chi connectivity index (χ2n) is 5.57. The first-order valence-corrected chi connectivity index (χ1v) is 7.29. The Bertz CT molecular complexity index is 473. The van der Waals surface area contributed by atoms with Gasteiger partial charge in [0.1, 0.15) is 0 Å². The monoisotopic (exact) mass is 248 g/mol. The number of aromatic nitrogens is 1. The number of nitrogens with zero attached hydrogens (tertiary/aromatic N) is 2. The van der Waals surface area contributed by atoms with Crippen LogP contribution in [0, 0.1) is 19.8 Å². The lowest BCUT2D eigenvalue weighted by molar-refractivity contribution is 0.231. The van der Waals surface area contributed by atoms with Crippen LogP contribution in [0.1, 0.15) is 35.8 Å². The predicted octanol–water partition coefficient (Wildman–Crippen LogP) is 3.26. The molecule has 2 bridgehead atoms. The normalized spacial score (nSPS) is 28.2. The van der Waals surface area contributed by atoms with Crippen molar-refractivity contribution in [2.24, 2.45) is 5.92 Å². The van der Waals surface area contributed by atoms with Crippen molar-refractivity contribution in [1.29, 1.82) is 0 Å². The topological polar surface area (TPSA) is 16.1 Å². The fourth-order valence-corrected chi connectivity index (χ4v) is 4.28. The van der Waals surface area contributed by atoms with Gasteiger partial charge < -0.3 is 0 Å². The van der Waals surface area contributed by atoms with Crippen LogP contribution in [0.25, 0.3) is 5.57 Å². The largest absolute Gasteiger partial charge is 0.293 e. The van der Waals surface area contributed by atoms with E-state index >= 15 is 0 Å². The zero-order chi connectivity index (χ0) is 12.2. The Morgan fingerprint density at radius 3 is 2.71 bits per heavy atom. The van der Waals surface area contributed by atoms with Crippen LogP contribution < -0.4 is 0 Å². The fraction of sp³-hybridized carbons (Fsp3) is 0.643. The van der Waals surface area contributed by atoms with Crippen molar-refractivity contribution in [2.45, 2.75) is 46.2 Å². The fourth-order valence-electron chi connectivity index (χ4n) is 3.28. The molecule has 2 heterocycles. The van der Waals surface area contributed by atoms with Crippen LogP contribution in [-0.4, -0.2) is 28.5 Å². The van der Waals surface area contributed by atoms with Gasteiger partial charge in [0.2, 0.25) is 0 Å². The lowest BCUT2D eigenvalue weighted by atomic mass is 10.1. The Hall–Kier alpha value is -0.670. The Labute approximate surface area is 107 Å². The van der Waals surface area contributed by atoms with Crippen LogP contribution in [0.2, 0.25) is 0 Å². The Morgan fingerprint density at radius 2 is 2.18 bits per heavy atom. The maximum absolute atomic E-state index is 4.57. The van der Waals surface area contributed by atoms with Gasteiger partial charge in [0.05, 0.1) is 15.6 Å². The van der Waals surface area contributed by atoms with Gasteiger partial charge in [0.25, 0.3) is 0 Å². The van der Waals surface area contributed by atoms with Gasteiger partial charge in [-0.3, -0.25) is 4.90 Å². The minimum Gasteiger partial charge on any atom is -0.293 e. The van der Waals surface area contributed by atoms with E-state index in [0.717, 1.165) is 5.92 Å². The highest BCUT2D eigenvalue weighted by molar-refractivity contribution is 7.12. The van der Waals surface area contributed by atoms with Gasteiger partial charge in [-0.15, -0.1) is 11.3 Å². The molecular weight excluding hydrogens is 228 g/mol. The number of likely N-dealkylation sites (tertiary alicyclic amines) is 1. The van der Waals surface area contributed by atoms with Gasteiger partial charge in [-0.05, 0) is 45.6 Å². The summed E-state index contributed by atoms with van der Waals surface area (Å²) in [5.74, 6) is 0.777. The number of hydrogen-bond donors (Lipinski definition) is 0. The van der Waals surface area contributed by atoms with E-state index in [4.69, 9.17) is 0 Å². The molecule has 0 amide bonds. The summed E-state index contributed by atoms with van der Waals surface area (Å²) >= 11 is 1.86. The molecule has 2 aliphatic rings. The van der Waals surface area contributed by atoms with Gasteiger partial charge >= 0.3 is 0 Å². The third-order valence-corrected chi connectivity index (χ3v) is 5.10. The van der Waals surface area contributed by atoms with E-state index in [2.05, 4.69) is 43.7 Å². The number of hydrogen-bond acceptors (Lipinski definition) is 3. The SMILES string of the molecule is Cc1nc(C)c(C2=CC3CC2N(C(C)C)C3)s1. The summed E-state index contributed by atoms with van der Waals surface area (Å²) < 4.78 is 0. The van der Waals surface area contributed by atoms with Crippen LogP contribution in [0.4, 0.5) is 0 Å². The molecule has 2 nitrogen and oxygen atoms in total. The highest BCUT2D eigenvalue weighted by Crippen LogP contribution is 2.44. The molecular formula is C14H20N2S. The van der Waals surface area contributed by atoms with E-state index in [1.165, 1.54) is 28.5 Å². The van der Waals surface area contributed by atoms with E-state index in [1.807, 2.05) is 11.3 Å². The maximum atomic E-state index is 4.57. The van der Waals surface area contributed by atoms with Crippen molar-refractivity contribution >= 4 is 16.9 Å². The van der Waals surface area contributed by atoms with E-state index in [1.54, 1.807) is 5.57 Å². The van der Waals surface area contributed by atoms with Crippen molar-refractivity contribution in [1.82, 2.24) is 9.88 Å². The summed E-state index contributed by atoms with van der Waals surface area (Å²) in [4.78, 5) is 8.65. The average Bonchev–Trinajstić information content (AvgIpc) is 2.90. The molecule has 3 heteroatoms. The third-order valence-electron chi connectivity index (χ3n) is 3.97. The summed E-state index contributed by atoms with van der Waals surface area (Å²) in [6.07, 6.45) is 3.83. The molecule has 1 aliphatic carbocycles. The Balaban J connectivity index is 1.96. The lowest BCUT2D eigenvalue weighted by Crippen LogP contribution is -2.37. The maximum Gasteiger partial charge on any atom is 0.0903 e. The van der Waals surface area contributed by atoms with Gasteiger partial charge in [0, 0.05) is 18.6 Å². The summed E-state index contributed by atoms with van der Waals surface area (Å²) in [6, 6.07) is 1.31. The van der Waals surface area contributed by atoms with Gasteiger partial charge in [-0.1, -0.05) is 6.08 Å². The summed E-state index contributed by atoms with van der Waals surface area (Å²) in [5.41, 5.74) is 2.77. The quantitative estimate of drug-likeness (QED) is 0.798. The molecule has 0 aromatic carbocycles. The highest BCUT2D eigenvalue weighted by Gasteiger charge is 2.41. The van der Waals surface area contributed by atoms with Crippen LogP contribution >= 0.6 is 11.3 Å². The van der Waals surface area contributed by atoms with Crippen LogP contribution in [-0.2, 0) is 0 Å². The van der Waals surface area contributed by atoms with Gasteiger partial charge in [-0.2, -0.15) is 0 Å². The molecule has 1 aliphatic heterocycles. The molecule has 92 valence electrons. The van der Waals surface area contributed by atoms with Crippen LogP contribution in [0.5, 0.6) is 0 Å². The van der Waals surface area contributed by atoms with E-state index in [0.29, 0.717) is 12.1 Å². The molecule has 1 aromatic heterocycles. The first-order chi connectivity index (χ1) is 8.06. The average molecular weight is 248 g/mol. The van der Waals surface area contributed by atoms with Gasteiger partial charge in [0.15, 0.2) is 0 Å². The van der Waals surface area contributed by atoms with Crippen molar-refractivity contribution < 1.29 is 0 Å². The highest BCUT2D eigenvalue weighted by atomic mass is 32.1.